The van der Waals surface area contributed by atoms with Gasteiger partial charge < -0.3 is 5.73 Å². The van der Waals surface area contributed by atoms with Gasteiger partial charge in [0, 0.05) is 17.7 Å². The number of hydrogen-bond acceptors (Lipinski definition) is 2. The molecule has 0 aliphatic rings. The minimum atomic E-state index is -0.150. The van der Waals surface area contributed by atoms with Crippen LogP contribution in [-0.2, 0) is 7.05 Å². The van der Waals surface area contributed by atoms with E-state index in [-0.39, 0.29) is 6.04 Å². The number of nitrogens with two attached hydrogens (primary N) is 1. The first-order valence-electron chi connectivity index (χ1n) is 5.09. The summed E-state index contributed by atoms with van der Waals surface area (Å²) in [5.74, 6) is 0. The zero-order valence-corrected chi connectivity index (χ0v) is 10.9. The van der Waals surface area contributed by atoms with Gasteiger partial charge in [-0.2, -0.15) is 5.10 Å². The van der Waals surface area contributed by atoms with E-state index < -0.39 is 0 Å². The Morgan fingerprint density at radius 2 is 2.12 bits per heavy atom. The number of aryl methyl sites for hydroxylation is 2. The molecule has 0 aliphatic carbocycles. The lowest BCUT2D eigenvalue weighted by molar-refractivity contribution is 0.672. The molecular weight excluding hydrogens is 266 g/mol. The molecule has 1 atom stereocenters. The van der Waals surface area contributed by atoms with E-state index in [4.69, 9.17) is 5.73 Å². The Morgan fingerprint density at radius 1 is 1.38 bits per heavy atom. The van der Waals surface area contributed by atoms with Crippen molar-refractivity contribution in [1.29, 1.82) is 0 Å². The van der Waals surface area contributed by atoms with Crippen LogP contribution in [0.5, 0.6) is 0 Å². The molecule has 16 heavy (non-hydrogen) atoms. The van der Waals surface area contributed by atoms with E-state index in [1.807, 2.05) is 13.1 Å². The van der Waals surface area contributed by atoms with Crippen LogP contribution in [0.2, 0.25) is 0 Å². The van der Waals surface area contributed by atoms with Gasteiger partial charge in [0.25, 0.3) is 0 Å². The van der Waals surface area contributed by atoms with Crippen LogP contribution in [0.1, 0.15) is 22.9 Å². The van der Waals surface area contributed by atoms with E-state index in [1.54, 1.807) is 10.9 Å². The van der Waals surface area contributed by atoms with Gasteiger partial charge in [-0.15, -0.1) is 0 Å². The van der Waals surface area contributed by atoms with E-state index in [9.17, 15) is 0 Å². The Hall–Kier alpha value is -1.13. The highest BCUT2D eigenvalue weighted by Crippen LogP contribution is 2.27. The van der Waals surface area contributed by atoms with E-state index in [1.165, 1.54) is 5.56 Å². The third-order valence-electron chi connectivity index (χ3n) is 2.67. The molecular formula is C12H14BrN3. The van der Waals surface area contributed by atoms with Crippen LogP contribution in [0.4, 0.5) is 0 Å². The van der Waals surface area contributed by atoms with Crippen molar-refractivity contribution in [2.24, 2.45) is 12.8 Å². The highest BCUT2D eigenvalue weighted by atomic mass is 79.9. The Morgan fingerprint density at radius 3 is 2.69 bits per heavy atom. The van der Waals surface area contributed by atoms with E-state index >= 15 is 0 Å². The van der Waals surface area contributed by atoms with Gasteiger partial charge in [-0.25, -0.2) is 0 Å². The van der Waals surface area contributed by atoms with Crippen molar-refractivity contribution >= 4 is 15.9 Å². The SMILES string of the molecule is Cc1ccc(C(N)c2ccnn2C)c(Br)c1. The van der Waals surface area contributed by atoms with Crippen LogP contribution < -0.4 is 5.73 Å². The van der Waals surface area contributed by atoms with Crippen molar-refractivity contribution < 1.29 is 0 Å². The van der Waals surface area contributed by atoms with Crippen molar-refractivity contribution in [3.05, 3.63) is 51.8 Å². The maximum absolute atomic E-state index is 6.22. The van der Waals surface area contributed by atoms with Gasteiger partial charge >= 0.3 is 0 Å². The van der Waals surface area contributed by atoms with Gasteiger partial charge in [0.05, 0.1) is 11.7 Å². The molecule has 84 valence electrons. The van der Waals surface area contributed by atoms with Crippen molar-refractivity contribution in [2.75, 3.05) is 0 Å². The van der Waals surface area contributed by atoms with Crippen molar-refractivity contribution in [3.63, 3.8) is 0 Å². The van der Waals surface area contributed by atoms with Crippen molar-refractivity contribution in [1.82, 2.24) is 9.78 Å². The van der Waals surface area contributed by atoms with Crippen LogP contribution in [0, 0.1) is 6.92 Å². The van der Waals surface area contributed by atoms with Crippen LogP contribution in [-0.4, -0.2) is 9.78 Å². The molecule has 1 aromatic heterocycles. The molecule has 2 N–H and O–H groups in total. The average Bonchev–Trinajstić information content (AvgIpc) is 2.63. The molecule has 0 radical (unpaired) electrons. The number of aromatic nitrogens is 2. The van der Waals surface area contributed by atoms with Crippen molar-refractivity contribution in [2.45, 2.75) is 13.0 Å². The standard InChI is InChI=1S/C12H14BrN3/c1-8-3-4-9(10(13)7-8)12(14)11-5-6-15-16(11)2/h3-7,12H,14H2,1-2H3. The summed E-state index contributed by atoms with van der Waals surface area (Å²) in [5.41, 5.74) is 9.52. The van der Waals surface area contributed by atoms with E-state index in [0.717, 1.165) is 15.7 Å². The molecule has 0 spiro atoms. The Bertz CT molecular complexity index is 505. The maximum Gasteiger partial charge on any atom is 0.0734 e. The third-order valence-corrected chi connectivity index (χ3v) is 3.36. The Kier molecular flexibility index (Phi) is 3.12. The van der Waals surface area contributed by atoms with Crippen LogP contribution >= 0.6 is 15.9 Å². The molecule has 0 amide bonds. The molecule has 3 nitrogen and oxygen atoms in total. The second kappa shape index (κ2) is 4.39. The lowest BCUT2D eigenvalue weighted by Crippen LogP contribution is -2.16. The van der Waals surface area contributed by atoms with E-state index in [2.05, 4.69) is 46.2 Å². The molecule has 0 aliphatic heterocycles. The monoisotopic (exact) mass is 279 g/mol. The highest BCUT2D eigenvalue weighted by molar-refractivity contribution is 9.10. The van der Waals surface area contributed by atoms with Gasteiger partial charge in [0.2, 0.25) is 0 Å². The first kappa shape index (κ1) is 11.4. The maximum atomic E-state index is 6.22. The fourth-order valence-electron chi connectivity index (χ4n) is 1.73. The first-order chi connectivity index (χ1) is 7.59. The highest BCUT2D eigenvalue weighted by Gasteiger charge is 2.14. The molecule has 0 saturated carbocycles. The quantitative estimate of drug-likeness (QED) is 0.918. The second-order valence-corrected chi connectivity index (χ2v) is 4.74. The minimum Gasteiger partial charge on any atom is -0.319 e. The lowest BCUT2D eigenvalue weighted by Gasteiger charge is -2.14. The van der Waals surface area contributed by atoms with Gasteiger partial charge in [-0.1, -0.05) is 28.1 Å². The number of rotatable bonds is 2. The number of benzene rings is 1. The average molecular weight is 280 g/mol. The molecule has 1 aromatic carbocycles. The summed E-state index contributed by atoms with van der Waals surface area (Å²) < 4.78 is 2.85. The summed E-state index contributed by atoms with van der Waals surface area (Å²) >= 11 is 3.55. The lowest BCUT2D eigenvalue weighted by atomic mass is 10.0. The van der Waals surface area contributed by atoms with E-state index in [0.29, 0.717) is 0 Å². The smallest absolute Gasteiger partial charge is 0.0734 e. The fraction of sp³-hybridized carbons (Fsp3) is 0.250. The fourth-order valence-corrected chi connectivity index (χ4v) is 2.47. The summed E-state index contributed by atoms with van der Waals surface area (Å²) in [7, 11) is 1.90. The largest absolute Gasteiger partial charge is 0.319 e. The molecule has 2 rings (SSSR count). The predicted molar refractivity (Wildman–Crippen MR) is 68.1 cm³/mol. The molecule has 4 heteroatoms. The van der Waals surface area contributed by atoms with Crippen molar-refractivity contribution in [3.8, 4) is 0 Å². The number of halogens is 1. The van der Waals surface area contributed by atoms with Gasteiger partial charge in [-0.05, 0) is 30.2 Å². The molecule has 1 unspecified atom stereocenters. The molecule has 2 aromatic rings. The molecule has 0 fully saturated rings. The Labute approximate surface area is 103 Å². The number of hydrogen-bond donors (Lipinski definition) is 1. The molecule has 1 heterocycles. The van der Waals surface area contributed by atoms with Gasteiger partial charge in [0.1, 0.15) is 0 Å². The molecule has 0 saturated heterocycles. The normalized spacial score (nSPS) is 12.8. The topological polar surface area (TPSA) is 43.8 Å². The second-order valence-electron chi connectivity index (χ2n) is 3.88. The zero-order chi connectivity index (χ0) is 11.7. The Balaban J connectivity index is 2.41. The van der Waals surface area contributed by atoms with Crippen LogP contribution in [0.25, 0.3) is 0 Å². The summed E-state index contributed by atoms with van der Waals surface area (Å²) in [6.07, 6.45) is 1.76. The van der Waals surface area contributed by atoms with Crippen LogP contribution in [0.15, 0.2) is 34.9 Å². The summed E-state index contributed by atoms with van der Waals surface area (Å²) in [5, 5.41) is 4.13. The predicted octanol–water partition coefficient (Wildman–Crippen LogP) is 2.54. The van der Waals surface area contributed by atoms with Gasteiger partial charge in [0.15, 0.2) is 0 Å². The van der Waals surface area contributed by atoms with Crippen LogP contribution in [0.3, 0.4) is 0 Å². The van der Waals surface area contributed by atoms with Gasteiger partial charge in [-0.3, -0.25) is 4.68 Å². The summed E-state index contributed by atoms with van der Waals surface area (Å²) in [6, 6.07) is 7.98. The first-order valence-corrected chi connectivity index (χ1v) is 5.88. The zero-order valence-electron chi connectivity index (χ0n) is 9.31. The number of nitrogens with zero attached hydrogens (tertiary/aromatic N) is 2. The third kappa shape index (κ3) is 2.03. The summed E-state index contributed by atoms with van der Waals surface area (Å²) in [4.78, 5) is 0. The summed E-state index contributed by atoms with van der Waals surface area (Å²) in [6.45, 7) is 2.06. The molecule has 0 bridgehead atoms. The minimum absolute atomic E-state index is 0.150.